The Balaban J connectivity index is 1.52. The standard InChI is InChI=1S/C19H23ClN2OS2/c1-14(2)24-16-5-3-15(4-6-16)19(23)22-11-9-21(10-12-22)13-17-7-8-18(20)25-17/h3-8,14H,9-13H2,1-2H3. The molecule has 1 fully saturated rings. The van der Waals surface area contributed by atoms with Crippen molar-refractivity contribution < 1.29 is 4.79 Å². The molecule has 6 heteroatoms. The van der Waals surface area contributed by atoms with Crippen LogP contribution in [0.3, 0.4) is 0 Å². The summed E-state index contributed by atoms with van der Waals surface area (Å²) in [7, 11) is 0. The molecular weight excluding hydrogens is 372 g/mol. The quantitative estimate of drug-likeness (QED) is 0.676. The zero-order valence-electron chi connectivity index (χ0n) is 14.6. The molecule has 0 radical (unpaired) electrons. The zero-order valence-corrected chi connectivity index (χ0v) is 17.0. The molecule has 1 saturated heterocycles. The number of carbonyl (C=O) groups excluding carboxylic acids is 1. The molecule has 0 unspecified atom stereocenters. The first-order chi connectivity index (χ1) is 12.0. The largest absolute Gasteiger partial charge is 0.336 e. The molecule has 0 saturated carbocycles. The number of rotatable bonds is 5. The number of nitrogens with zero attached hydrogens (tertiary/aromatic N) is 2. The van der Waals surface area contributed by atoms with Crippen LogP contribution in [0, 0.1) is 0 Å². The van der Waals surface area contributed by atoms with Gasteiger partial charge in [0.2, 0.25) is 0 Å². The van der Waals surface area contributed by atoms with Crippen LogP contribution >= 0.6 is 34.7 Å². The molecule has 25 heavy (non-hydrogen) atoms. The van der Waals surface area contributed by atoms with Crippen molar-refractivity contribution in [3.05, 3.63) is 51.2 Å². The number of hydrogen-bond acceptors (Lipinski definition) is 4. The van der Waals surface area contributed by atoms with Crippen LogP contribution in [0.25, 0.3) is 0 Å². The van der Waals surface area contributed by atoms with Gasteiger partial charge in [-0.3, -0.25) is 9.69 Å². The highest BCUT2D eigenvalue weighted by Crippen LogP contribution is 2.24. The summed E-state index contributed by atoms with van der Waals surface area (Å²) >= 11 is 9.44. The van der Waals surface area contributed by atoms with E-state index < -0.39 is 0 Å². The number of halogens is 1. The molecule has 2 heterocycles. The van der Waals surface area contributed by atoms with Crippen molar-refractivity contribution >= 4 is 40.6 Å². The maximum absolute atomic E-state index is 12.7. The fourth-order valence-electron chi connectivity index (χ4n) is 2.90. The van der Waals surface area contributed by atoms with Gasteiger partial charge in [0.1, 0.15) is 0 Å². The highest BCUT2D eigenvalue weighted by atomic mass is 35.5. The van der Waals surface area contributed by atoms with Crippen LogP contribution in [0.4, 0.5) is 0 Å². The van der Waals surface area contributed by atoms with E-state index in [0.717, 1.165) is 42.6 Å². The lowest BCUT2D eigenvalue weighted by Gasteiger charge is -2.34. The van der Waals surface area contributed by atoms with E-state index in [1.165, 1.54) is 9.77 Å². The summed E-state index contributed by atoms with van der Waals surface area (Å²) in [5.41, 5.74) is 0.784. The summed E-state index contributed by atoms with van der Waals surface area (Å²) in [5.74, 6) is 0.139. The van der Waals surface area contributed by atoms with E-state index in [1.807, 2.05) is 34.9 Å². The van der Waals surface area contributed by atoms with Crippen molar-refractivity contribution in [1.29, 1.82) is 0 Å². The topological polar surface area (TPSA) is 23.6 Å². The molecule has 134 valence electrons. The van der Waals surface area contributed by atoms with Gasteiger partial charge in [-0.1, -0.05) is 25.4 Å². The number of thioether (sulfide) groups is 1. The van der Waals surface area contributed by atoms with Crippen molar-refractivity contribution in [3.63, 3.8) is 0 Å². The minimum Gasteiger partial charge on any atom is -0.336 e. The Morgan fingerprint density at radius 2 is 1.80 bits per heavy atom. The van der Waals surface area contributed by atoms with Crippen LogP contribution in [0.15, 0.2) is 41.3 Å². The minimum absolute atomic E-state index is 0.139. The zero-order chi connectivity index (χ0) is 17.8. The molecule has 0 spiro atoms. The first-order valence-electron chi connectivity index (χ1n) is 8.54. The van der Waals surface area contributed by atoms with Gasteiger partial charge < -0.3 is 4.90 Å². The second-order valence-corrected chi connectivity index (χ2v) is 9.91. The van der Waals surface area contributed by atoms with Gasteiger partial charge in [-0.15, -0.1) is 23.1 Å². The van der Waals surface area contributed by atoms with E-state index in [1.54, 1.807) is 11.3 Å². The lowest BCUT2D eigenvalue weighted by molar-refractivity contribution is 0.0629. The Labute approximate surface area is 163 Å². The minimum atomic E-state index is 0.139. The third-order valence-electron chi connectivity index (χ3n) is 4.14. The monoisotopic (exact) mass is 394 g/mol. The number of benzene rings is 1. The Kier molecular flexibility index (Phi) is 6.44. The second-order valence-electron chi connectivity index (χ2n) is 6.47. The van der Waals surface area contributed by atoms with Crippen molar-refractivity contribution in [1.82, 2.24) is 9.80 Å². The highest BCUT2D eigenvalue weighted by Gasteiger charge is 2.22. The maximum Gasteiger partial charge on any atom is 0.253 e. The molecule has 1 aliphatic heterocycles. The number of hydrogen-bond donors (Lipinski definition) is 0. The average Bonchev–Trinajstić information content (AvgIpc) is 3.00. The molecule has 1 aliphatic rings. The molecule has 1 amide bonds. The second kappa shape index (κ2) is 8.58. The van der Waals surface area contributed by atoms with E-state index in [-0.39, 0.29) is 5.91 Å². The van der Waals surface area contributed by atoms with Gasteiger partial charge in [-0.25, -0.2) is 0 Å². The van der Waals surface area contributed by atoms with Gasteiger partial charge in [0, 0.05) is 53.3 Å². The molecule has 0 aliphatic carbocycles. The maximum atomic E-state index is 12.7. The lowest BCUT2D eigenvalue weighted by Crippen LogP contribution is -2.48. The van der Waals surface area contributed by atoms with Crippen LogP contribution in [0.5, 0.6) is 0 Å². The normalized spacial score (nSPS) is 15.8. The van der Waals surface area contributed by atoms with Crippen LogP contribution in [-0.2, 0) is 6.54 Å². The molecule has 0 atom stereocenters. The molecule has 3 rings (SSSR count). The first kappa shape index (κ1) is 18.8. The Morgan fingerprint density at radius 3 is 2.36 bits per heavy atom. The Bertz CT molecular complexity index is 706. The molecule has 1 aromatic heterocycles. The van der Waals surface area contributed by atoms with Gasteiger partial charge in [0.15, 0.2) is 0 Å². The predicted octanol–water partition coefficient (Wildman–Crippen LogP) is 4.86. The van der Waals surface area contributed by atoms with E-state index in [4.69, 9.17) is 11.6 Å². The van der Waals surface area contributed by atoms with Crippen molar-refractivity contribution in [2.24, 2.45) is 0 Å². The van der Waals surface area contributed by atoms with Gasteiger partial charge in [-0.05, 0) is 36.4 Å². The van der Waals surface area contributed by atoms with E-state index in [9.17, 15) is 4.79 Å². The number of carbonyl (C=O) groups is 1. The lowest BCUT2D eigenvalue weighted by atomic mass is 10.2. The summed E-state index contributed by atoms with van der Waals surface area (Å²) in [6, 6.07) is 12.0. The molecule has 2 aromatic rings. The Morgan fingerprint density at radius 1 is 1.12 bits per heavy atom. The fraction of sp³-hybridized carbons (Fsp3) is 0.421. The van der Waals surface area contributed by atoms with Crippen LogP contribution < -0.4 is 0 Å². The number of amides is 1. The Hall–Kier alpha value is -1.01. The van der Waals surface area contributed by atoms with Gasteiger partial charge in [0.25, 0.3) is 5.91 Å². The third-order valence-corrected chi connectivity index (χ3v) is 6.37. The van der Waals surface area contributed by atoms with Crippen LogP contribution in [-0.4, -0.2) is 47.1 Å². The van der Waals surface area contributed by atoms with Gasteiger partial charge >= 0.3 is 0 Å². The molecule has 1 aromatic carbocycles. The molecule has 3 nitrogen and oxygen atoms in total. The SMILES string of the molecule is CC(C)Sc1ccc(C(=O)N2CCN(Cc3ccc(Cl)s3)CC2)cc1. The summed E-state index contributed by atoms with van der Waals surface area (Å²) in [6.07, 6.45) is 0. The van der Waals surface area contributed by atoms with Crippen LogP contribution in [0.1, 0.15) is 29.1 Å². The summed E-state index contributed by atoms with van der Waals surface area (Å²) < 4.78 is 0.836. The number of piperazine rings is 1. The summed E-state index contributed by atoms with van der Waals surface area (Å²) in [5, 5.41) is 0.549. The first-order valence-corrected chi connectivity index (χ1v) is 10.6. The summed E-state index contributed by atoms with van der Waals surface area (Å²) in [4.78, 5) is 19.5. The van der Waals surface area contributed by atoms with Crippen LogP contribution in [0.2, 0.25) is 4.34 Å². The van der Waals surface area contributed by atoms with E-state index in [0.29, 0.717) is 5.25 Å². The highest BCUT2D eigenvalue weighted by molar-refractivity contribution is 7.99. The van der Waals surface area contributed by atoms with Crippen molar-refractivity contribution in [2.45, 2.75) is 30.5 Å². The predicted molar refractivity (Wildman–Crippen MR) is 108 cm³/mol. The van der Waals surface area contributed by atoms with Gasteiger partial charge in [-0.2, -0.15) is 0 Å². The number of thiophene rings is 1. The molecule has 0 bridgehead atoms. The van der Waals surface area contributed by atoms with Crippen molar-refractivity contribution in [3.8, 4) is 0 Å². The summed E-state index contributed by atoms with van der Waals surface area (Å²) in [6.45, 7) is 8.63. The molecular formula is C19H23ClN2OS2. The van der Waals surface area contributed by atoms with E-state index >= 15 is 0 Å². The third kappa shape index (κ3) is 5.23. The smallest absolute Gasteiger partial charge is 0.253 e. The average molecular weight is 395 g/mol. The van der Waals surface area contributed by atoms with Gasteiger partial charge in [0.05, 0.1) is 4.34 Å². The molecule has 0 N–H and O–H groups in total. The fourth-order valence-corrected chi connectivity index (χ4v) is 4.86. The van der Waals surface area contributed by atoms with Crippen molar-refractivity contribution in [2.75, 3.05) is 26.2 Å². The van der Waals surface area contributed by atoms with E-state index in [2.05, 4.69) is 36.9 Å².